The molecule has 2 N–H and O–H groups in total. The van der Waals surface area contributed by atoms with Crippen molar-refractivity contribution >= 4 is 0 Å². The Morgan fingerprint density at radius 2 is 0.718 bits per heavy atom. The minimum atomic E-state index is -0.244. The highest BCUT2D eigenvalue weighted by Gasteiger charge is 2.36. The zero-order valence-electron chi connectivity index (χ0n) is 24.6. The predicted octanol–water partition coefficient (Wildman–Crippen LogP) is 4.19. The van der Waals surface area contributed by atoms with Gasteiger partial charge in [-0.3, -0.25) is 24.5 Å². The molecule has 0 saturated heterocycles. The lowest BCUT2D eigenvalue weighted by Gasteiger charge is -2.47. The highest BCUT2D eigenvalue weighted by atomic mass is 15.4. The van der Waals surface area contributed by atoms with E-state index in [0.717, 1.165) is 65.4 Å². The van der Waals surface area contributed by atoms with Crippen LogP contribution < -0.4 is 5.73 Å². The number of hydrogen-bond acceptors (Lipinski definition) is 6. The topological polar surface area (TPSA) is 42.2 Å². The molecule has 0 amide bonds. The Labute approximate surface area is 240 Å². The molecule has 0 radical (unpaired) electrons. The van der Waals surface area contributed by atoms with Gasteiger partial charge in [0.25, 0.3) is 0 Å². The van der Waals surface area contributed by atoms with E-state index in [1.165, 1.54) is 0 Å². The molecule has 0 aliphatic heterocycles. The summed E-state index contributed by atoms with van der Waals surface area (Å²) < 4.78 is 0. The molecule has 0 aliphatic rings. The van der Waals surface area contributed by atoms with Gasteiger partial charge < -0.3 is 5.73 Å². The normalized spacial score (nSPS) is 13.7. The molecule has 0 saturated carbocycles. The van der Waals surface area contributed by atoms with Gasteiger partial charge in [-0.1, -0.05) is 54.7 Å². The van der Waals surface area contributed by atoms with Gasteiger partial charge in [0.2, 0.25) is 0 Å². The molecule has 0 rings (SSSR count). The second kappa shape index (κ2) is 23.3. The van der Waals surface area contributed by atoms with Crippen molar-refractivity contribution < 1.29 is 0 Å². The Morgan fingerprint density at radius 1 is 0.410 bits per heavy atom. The number of hydrogen-bond donors (Lipinski definition) is 1. The van der Waals surface area contributed by atoms with Crippen molar-refractivity contribution in [3.63, 3.8) is 0 Å². The van der Waals surface area contributed by atoms with E-state index >= 15 is 0 Å². The van der Waals surface area contributed by atoms with Crippen LogP contribution in [0.15, 0.2) is 114 Å². The molecule has 39 heavy (non-hydrogen) atoms. The molecule has 3 atom stereocenters. The molecule has 0 spiro atoms. The van der Waals surface area contributed by atoms with Gasteiger partial charge in [0, 0.05) is 90.6 Å². The first-order valence-electron chi connectivity index (χ1n) is 13.8. The van der Waals surface area contributed by atoms with Crippen LogP contribution in [-0.4, -0.2) is 121 Å². The molecule has 0 aliphatic carbocycles. The van der Waals surface area contributed by atoms with E-state index in [1.54, 1.807) is 0 Å². The molecule has 218 valence electrons. The van der Waals surface area contributed by atoms with Crippen LogP contribution in [0.3, 0.4) is 0 Å². The molecule has 6 heteroatoms. The molecular weight excluding hydrogens is 480 g/mol. The third-order valence-electron chi connectivity index (χ3n) is 6.49. The third-order valence-corrected chi connectivity index (χ3v) is 6.49. The molecule has 0 fully saturated rings. The fraction of sp³-hybridized carbons (Fsp3) is 0.455. The van der Waals surface area contributed by atoms with Crippen LogP contribution in [0.1, 0.15) is 0 Å². The fourth-order valence-corrected chi connectivity index (χ4v) is 4.94. The average molecular weight is 537 g/mol. The lowest BCUT2D eigenvalue weighted by Crippen LogP contribution is -2.65. The lowest BCUT2D eigenvalue weighted by molar-refractivity contribution is 0.0245. The first-order valence-corrected chi connectivity index (χ1v) is 13.8. The second-order valence-corrected chi connectivity index (χ2v) is 9.61. The van der Waals surface area contributed by atoms with Gasteiger partial charge in [0.15, 0.2) is 0 Å². The SMILES string of the molecule is C=CCN(CC=C)CC(C(CN(CC=C)CC=C)N(CC=C)C(N)CN(CC=C)CC=C)N(CC=C)CC=C. The molecule has 6 nitrogen and oxygen atoms in total. The van der Waals surface area contributed by atoms with E-state index in [-0.39, 0.29) is 18.2 Å². The summed E-state index contributed by atoms with van der Waals surface area (Å²) in [5.41, 5.74) is 7.03. The van der Waals surface area contributed by atoms with Crippen molar-refractivity contribution in [1.29, 1.82) is 0 Å². The Bertz CT molecular complexity index is 719. The van der Waals surface area contributed by atoms with Gasteiger partial charge in [-0.2, -0.15) is 0 Å². The zero-order chi connectivity index (χ0) is 29.5. The van der Waals surface area contributed by atoms with E-state index in [0.29, 0.717) is 13.1 Å². The summed E-state index contributed by atoms with van der Waals surface area (Å²) in [5.74, 6) is 0. The van der Waals surface area contributed by atoms with E-state index < -0.39 is 0 Å². The van der Waals surface area contributed by atoms with Crippen LogP contribution in [0, 0.1) is 0 Å². The standard InChI is InChI=1S/C33H56N6/c1-10-19-35(20-11-2)28-31(38(25-16-7)26-17-8)32(29-36(21-12-3)22-13-4)39(27-18-9)33(34)30-37(23-14-5)24-15-6/h10-18,31-33H,1-9,19-30,34H2. The van der Waals surface area contributed by atoms with Crippen molar-refractivity contribution in [3.05, 3.63) is 114 Å². The summed E-state index contributed by atoms with van der Waals surface area (Å²) in [5, 5.41) is 0. The molecule has 0 aromatic rings. The maximum Gasteiger partial charge on any atom is 0.0709 e. The van der Waals surface area contributed by atoms with Gasteiger partial charge in [0.05, 0.1) is 6.17 Å². The molecule has 0 aromatic carbocycles. The molecule has 3 unspecified atom stereocenters. The summed E-state index contributed by atoms with van der Waals surface area (Å²) in [6, 6.07) is 0.139. The summed E-state index contributed by atoms with van der Waals surface area (Å²) in [6.07, 6.45) is 17.2. The largest absolute Gasteiger partial charge is 0.315 e. The number of nitrogens with zero attached hydrogens (tertiary/aromatic N) is 5. The number of rotatable bonds is 28. The van der Waals surface area contributed by atoms with Crippen LogP contribution in [0.5, 0.6) is 0 Å². The minimum Gasteiger partial charge on any atom is -0.315 e. The highest BCUT2D eigenvalue weighted by Crippen LogP contribution is 2.19. The lowest BCUT2D eigenvalue weighted by atomic mass is 10.0. The van der Waals surface area contributed by atoms with Crippen LogP contribution in [-0.2, 0) is 0 Å². The molecule has 0 bridgehead atoms. The Hall–Kier alpha value is -2.58. The van der Waals surface area contributed by atoms with Crippen LogP contribution >= 0.6 is 0 Å². The first-order chi connectivity index (χ1) is 18.9. The first kappa shape index (κ1) is 36.4. The summed E-state index contributed by atoms with van der Waals surface area (Å²) in [7, 11) is 0. The van der Waals surface area contributed by atoms with Crippen LogP contribution in [0.4, 0.5) is 0 Å². The maximum absolute atomic E-state index is 7.03. The van der Waals surface area contributed by atoms with Crippen molar-refractivity contribution in [2.45, 2.75) is 18.2 Å². The summed E-state index contributed by atoms with van der Waals surface area (Å²) in [4.78, 5) is 11.8. The van der Waals surface area contributed by atoms with Crippen molar-refractivity contribution in [1.82, 2.24) is 24.5 Å². The van der Waals surface area contributed by atoms with E-state index in [9.17, 15) is 0 Å². The molecule has 0 heterocycles. The monoisotopic (exact) mass is 536 g/mol. The zero-order valence-corrected chi connectivity index (χ0v) is 24.6. The van der Waals surface area contributed by atoms with Gasteiger partial charge in [-0.25, -0.2) is 0 Å². The van der Waals surface area contributed by atoms with Crippen LogP contribution in [0.25, 0.3) is 0 Å². The highest BCUT2D eigenvalue weighted by molar-refractivity contribution is 5.00. The predicted molar refractivity (Wildman–Crippen MR) is 175 cm³/mol. The third kappa shape index (κ3) is 14.4. The van der Waals surface area contributed by atoms with E-state index in [4.69, 9.17) is 5.73 Å². The summed E-state index contributed by atoms with van der Waals surface area (Å²) in [6.45, 7) is 44.9. The van der Waals surface area contributed by atoms with Crippen LogP contribution in [0.2, 0.25) is 0 Å². The number of nitrogens with two attached hydrogens (primary N) is 1. The van der Waals surface area contributed by atoms with E-state index in [1.807, 2.05) is 54.7 Å². The average Bonchev–Trinajstić information content (AvgIpc) is 2.90. The van der Waals surface area contributed by atoms with Crippen molar-refractivity contribution in [3.8, 4) is 0 Å². The van der Waals surface area contributed by atoms with Crippen molar-refractivity contribution in [2.75, 3.05) is 78.5 Å². The Balaban J connectivity index is 6.86. The summed E-state index contributed by atoms with van der Waals surface area (Å²) >= 11 is 0. The molecular formula is C33H56N6. The smallest absolute Gasteiger partial charge is 0.0709 e. The Kier molecular flexibility index (Phi) is 21.8. The van der Waals surface area contributed by atoms with E-state index in [2.05, 4.69) is 83.7 Å². The second-order valence-electron chi connectivity index (χ2n) is 9.61. The van der Waals surface area contributed by atoms with Crippen molar-refractivity contribution in [2.24, 2.45) is 5.73 Å². The minimum absolute atomic E-state index is 0.0456. The molecule has 0 aromatic heterocycles. The fourth-order valence-electron chi connectivity index (χ4n) is 4.94. The van der Waals surface area contributed by atoms with Gasteiger partial charge in [-0.15, -0.1) is 59.2 Å². The van der Waals surface area contributed by atoms with Gasteiger partial charge >= 0.3 is 0 Å². The quantitative estimate of drug-likeness (QED) is 0.119. The van der Waals surface area contributed by atoms with Gasteiger partial charge in [-0.05, 0) is 0 Å². The Morgan fingerprint density at radius 3 is 1.05 bits per heavy atom. The van der Waals surface area contributed by atoms with Gasteiger partial charge in [0.1, 0.15) is 0 Å². The maximum atomic E-state index is 7.03.